The Kier molecular flexibility index (Phi) is 13.4. The number of hydrogen-bond donors (Lipinski definition) is 2. The molecule has 0 fully saturated rings. The van der Waals surface area contributed by atoms with Crippen molar-refractivity contribution >= 4 is 0 Å². The highest BCUT2D eigenvalue weighted by Gasteiger charge is 2.19. The number of quaternary nitrogens is 1. The Morgan fingerprint density at radius 3 is 2.06 bits per heavy atom. The number of aliphatic hydroxyl groups is 2. The second-order valence-electron chi connectivity index (χ2n) is 4.26. The molecule has 0 rings (SSSR count). The molecular formula is C11H26ClNO3. The molecule has 0 aromatic carbocycles. The lowest BCUT2D eigenvalue weighted by atomic mass is 10.3. The van der Waals surface area contributed by atoms with E-state index in [4.69, 9.17) is 14.9 Å². The van der Waals surface area contributed by atoms with Gasteiger partial charge in [-0.3, -0.25) is 4.48 Å². The van der Waals surface area contributed by atoms with Crippen LogP contribution in [0.15, 0.2) is 0 Å². The third-order valence-electron chi connectivity index (χ3n) is 2.57. The van der Waals surface area contributed by atoms with E-state index < -0.39 is 0 Å². The number of ether oxygens (including phenoxy) is 1. The van der Waals surface area contributed by atoms with E-state index in [1.165, 1.54) is 12.8 Å². The molecule has 16 heavy (non-hydrogen) atoms. The van der Waals surface area contributed by atoms with Crippen molar-refractivity contribution in [3.8, 4) is 0 Å². The van der Waals surface area contributed by atoms with Gasteiger partial charge in [0.1, 0.15) is 13.1 Å². The molecule has 0 atom stereocenters. The van der Waals surface area contributed by atoms with Crippen molar-refractivity contribution in [2.75, 3.05) is 46.7 Å². The minimum absolute atomic E-state index is 0. The van der Waals surface area contributed by atoms with Gasteiger partial charge in [-0.15, -0.1) is 0 Å². The second kappa shape index (κ2) is 11.6. The van der Waals surface area contributed by atoms with Crippen LogP contribution < -0.4 is 12.4 Å². The SMILES string of the molecule is CCCCCOC[N+](C)(CCO)CCO.[Cl-]. The summed E-state index contributed by atoms with van der Waals surface area (Å²) in [5.41, 5.74) is 0. The van der Waals surface area contributed by atoms with Crippen LogP contribution in [0.3, 0.4) is 0 Å². The number of nitrogens with zero attached hydrogens (tertiary/aromatic N) is 1. The fourth-order valence-corrected chi connectivity index (χ4v) is 1.46. The first-order valence-electron chi connectivity index (χ1n) is 5.81. The molecule has 0 spiro atoms. The smallest absolute Gasteiger partial charge is 0.183 e. The molecule has 0 saturated carbocycles. The van der Waals surface area contributed by atoms with E-state index in [1.54, 1.807) is 0 Å². The summed E-state index contributed by atoms with van der Waals surface area (Å²) in [6.45, 7) is 5.05. The van der Waals surface area contributed by atoms with E-state index in [9.17, 15) is 0 Å². The van der Waals surface area contributed by atoms with Crippen molar-refractivity contribution in [1.82, 2.24) is 0 Å². The lowest BCUT2D eigenvalue weighted by molar-refractivity contribution is -0.928. The predicted octanol–water partition coefficient (Wildman–Crippen LogP) is -2.41. The Hall–Kier alpha value is 0.130. The molecule has 2 N–H and O–H groups in total. The van der Waals surface area contributed by atoms with E-state index in [0.717, 1.165) is 13.0 Å². The zero-order valence-corrected chi connectivity index (χ0v) is 11.2. The van der Waals surface area contributed by atoms with Gasteiger partial charge >= 0.3 is 0 Å². The van der Waals surface area contributed by atoms with Crippen molar-refractivity contribution in [2.45, 2.75) is 26.2 Å². The van der Waals surface area contributed by atoms with Gasteiger partial charge in [0, 0.05) is 0 Å². The highest BCUT2D eigenvalue weighted by atomic mass is 35.5. The molecule has 0 saturated heterocycles. The fourth-order valence-electron chi connectivity index (χ4n) is 1.46. The van der Waals surface area contributed by atoms with E-state index >= 15 is 0 Å². The summed E-state index contributed by atoms with van der Waals surface area (Å²) in [5, 5.41) is 17.8. The molecule has 0 aromatic heterocycles. The zero-order chi connectivity index (χ0) is 11.6. The van der Waals surface area contributed by atoms with Crippen LogP contribution in [0.5, 0.6) is 0 Å². The molecule has 0 heterocycles. The average molecular weight is 256 g/mol. The van der Waals surface area contributed by atoms with Gasteiger partial charge in [-0.05, 0) is 6.42 Å². The molecule has 4 nitrogen and oxygen atoms in total. The van der Waals surface area contributed by atoms with Gasteiger partial charge in [0.25, 0.3) is 0 Å². The van der Waals surface area contributed by atoms with Crippen molar-refractivity contribution in [3.05, 3.63) is 0 Å². The molecule has 0 unspecified atom stereocenters. The first-order chi connectivity index (χ1) is 7.18. The summed E-state index contributed by atoms with van der Waals surface area (Å²) in [6, 6.07) is 0. The summed E-state index contributed by atoms with van der Waals surface area (Å²) in [6.07, 6.45) is 3.49. The van der Waals surface area contributed by atoms with Crippen LogP contribution in [-0.4, -0.2) is 61.4 Å². The zero-order valence-electron chi connectivity index (χ0n) is 10.5. The van der Waals surface area contributed by atoms with Crippen molar-refractivity contribution in [3.63, 3.8) is 0 Å². The van der Waals surface area contributed by atoms with E-state index in [1.807, 2.05) is 7.05 Å². The molecule has 0 aromatic rings. The Bertz CT molecular complexity index is 141. The maximum atomic E-state index is 8.92. The highest BCUT2D eigenvalue weighted by Crippen LogP contribution is 2.03. The fraction of sp³-hybridized carbons (Fsp3) is 1.00. The van der Waals surface area contributed by atoms with E-state index in [-0.39, 0.29) is 25.6 Å². The highest BCUT2D eigenvalue weighted by molar-refractivity contribution is 4.37. The van der Waals surface area contributed by atoms with Crippen LogP contribution >= 0.6 is 0 Å². The largest absolute Gasteiger partial charge is 1.00 e. The maximum Gasteiger partial charge on any atom is 0.183 e. The molecule has 0 aliphatic rings. The summed E-state index contributed by atoms with van der Waals surface area (Å²) in [5.74, 6) is 0. The molecule has 0 aliphatic carbocycles. The van der Waals surface area contributed by atoms with Crippen molar-refractivity contribution in [2.24, 2.45) is 0 Å². The minimum Gasteiger partial charge on any atom is -1.00 e. The first kappa shape index (κ1) is 18.5. The molecule has 5 heteroatoms. The first-order valence-corrected chi connectivity index (χ1v) is 5.81. The van der Waals surface area contributed by atoms with Gasteiger partial charge in [-0.1, -0.05) is 19.8 Å². The van der Waals surface area contributed by atoms with Crippen LogP contribution in [0.25, 0.3) is 0 Å². The maximum absolute atomic E-state index is 8.92. The molecule has 0 aliphatic heterocycles. The Labute approximate surface area is 105 Å². The van der Waals surface area contributed by atoms with Gasteiger partial charge in [0.15, 0.2) is 6.73 Å². The van der Waals surface area contributed by atoms with Gasteiger partial charge in [-0.25, -0.2) is 0 Å². The number of halogens is 1. The quantitative estimate of drug-likeness (QED) is 0.260. The number of hydrogen-bond acceptors (Lipinski definition) is 3. The lowest BCUT2D eigenvalue weighted by Crippen LogP contribution is -3.00. The number of rotatable bonds is 10. The monoisotopic (exact) mass is 255 g/mol. The third-order valence-corrected chi connectivity index (χ3v) is 2.57. The average Bonchev–Trinajstić information content (AvgIpc) is 2.18. The van der Waals surface area contributed by atoms with Crippen LogP contribution in [0, 0.1) is 0 Å². The summed E-state index contributed by atoms with van der Waals surface area (Å²) >= 11 is 0. The van der Waals surface area contributed by atoms with Crippen LogP contribution in [0.4, 0.5) is 0 Å². The number of likely N-dealkylation sites (N-methyl/N-ethyl adjacent to an activating group) is 1. The number of unbranched alkanes of at least 4 members (excludes halogenated alkanes) is 2. The molecular weight excluding hydrogens is 230 g/mol. The third kappa shape index (κ3) is 9.36. The second-order valence-corrected chi connectivity index (χ2v) is 4.26. The topological polar surface area (TPSA) is 49.7 Å². The predicted molar refractivity (Wildman–Crippen MR) is 60.4 cm³/mol. The summed E-state index contributed by atoms with van der Waals surface area (Å²) in [7, 11) is 1.99. The van der Waals surface area contributed by atoms with Gasteiger partial charge in [0.05, 0.1) is 26.9 Å². The van der Waals surface area contributed by atoms with Gasteiger partial charge in [-0.2, -0.15) is 0 Å². The summed E-state index contributed by atoms with van der Waals surface area (Å²) in [4.78, 5) is 0. The molecule has 0 bridgehead atoms. The Morgan fingerprint density at radius 1 is 1.06 bits per heavy atom. The van der Waals surface area contributed by atoms with Gasteiger partial charge < -0.3 is 27.4 Å². The Balaban J connectivity index is 0. The normalized spacial score (nSPS) is 11.2. The summed E-state index contributed by atoms with van der Waals surface area (Å²) < 4.78 is 6.14. The number of aliphatic hydroxyl groups excluding tert-OH is 2. The molecule has 0 amide bonds. The van der Waals surface area contributed by atoms with E-state index in [2.05, 4.69) is 6.92 Å². The van der Waals surface area contributed by atoms with E-state index in [0.29, 0.717) is 24.3 Å². The van der Waals surface area contributed by atoms with Crippen LogP contribution in [0.1, 0.15) is 26.2 Å². The standard InChI is InChI=1S/C11H26NO3.ClH/c1-3-4-5-10-15-11-12(2,6-8-13)7-9-14;/h13-14H,3-11H2,1-2H3;1H/q+1;/p-1. The van der Waals surface area contributed by atoms with Gasteiger partial charge in [0.2, 0.25) is 0 Å². The molecule has 100 valence electrons. The van der Waals surface area contributed by atoms with Crippen molar-refractivity contribution < 1.29 is 31.8 Å². The van der Waals surface area contributed by atoms with Crippen LogP contribution in [-0.2, 0) is 4.74 Å². The minimum atomic E-state index is 0. The van der Waals surface area contributed by atoms with Crippen molar-refractivity contribution in [1.29, 1.82) is 0 Å². The lowest BCUT2D eigenvalue weighted by Gasteiger charge is -2.32. The Morgan fingerprint density at radius 2 is 1.62 bits per heavy atom. The van der Waals surface area contributed by atoms with Crippen LogP contribution in [0.2, 0.25) is 0 Å². The molecule has 0 radical (unpaired) electrons.